The summed E-state index contributed by atoms with van der Waals surface area (Å²) in [5.74, 6) is -1.06. The summed E-state index contributed by atoms with van der Waals surface area (Å²) < 4.78 is 0. The van der Waals surface area contributed by atoms with Crippen LogP contribution in [0.1, 0.15) is 0 Å². The minimum absolute atomic E-state index is 0.178. The van der Waals surface area contributed by atoms with Crippen LogP contribution >= 0.6 is 11.8 Å². The van der Waals surface area contributed by atoms with Crippen LogP contribution in [0.5, 0.6) is 0 Å². The van der Waals surface area contributed by atoms with E-state index in [-0.39, 0.29) is 16.7 Å². The highest BCUT2D eigenvalue weighted by Gasteiger charge is 2.33. The third-order valence-corrected chi connectivity index (χ3v) is 1.99. The van der Waals surface area contributed by atoms with Crippen molar-refractivity contribution in [2.45, 2.75) is 0 Å². The SMILES string of the molecule is N#CC1C(=O)CSC1=O. The van der Waals surface area contributed by atoms with Gasteiger partial charge in [-0.1, -0.05) is 11.8 Å². The van der Waals surface area contributed by atoms with Gasteiger partial charge in [0.2, 0.25) is 5.12 Å². The summed E-state index contributed by atoms with van der Waals surface area (Å²) in [7, 11) is 0. The Hall–Kier alpha value is -0.820. The summed E-state index contributed by atoms with van der Waals surface area (Å²) in [5.41, 5.74) is 0. The second kappa shape index (κ2) is 2.19. The van der Waals surface area contributed by atoms with Gasteiger partial charge in [-0.15, -0.1) is 0 Å². The van der Waals surface area contributed by atoms with E-state index < -0.39 is 5.92 Å². The number of nitrogens with zero attached hydrogens (tertiary/aromatic N) is 1. The van der Waals surface area contributed by atoms with Crippen molar-refractivity contribution in [3.63, 3.8) is 0 Å². The molecule has 0 aromatic carbocycles. The molecule has 0 amide bonds. The zero-order valence-corrected chi connectivity index (χ0v) is 5.27. The van der Waals surface area contributed by atoms with Crippen molar-refractivity contribution >= 4 is 22.7 Å². The number of hydrogen-bond acceptors (Lipinski definition) is 4. The number of hydrogen-bond donors (Lipinski definition) is 0. The molecule has 4 heteroatoms. The summed E-state index contributed by atoms with van der Waals surface area (Å²) in [5, 5.41) is 7.90. The molecule has 0 N–H and O–H groups in total. The fourth-order valence-electron chi connectivity index (χ4n) is 0.565. The molecule has 1 atom stereocenters. The Labute approximate surface area is 56.0 Å². The molecule has 3 nitrogen and oxygen atoms in total. The number of carbonyl (C=O) groups excluding carboxylic acids is 2. The maximum atomic E-state index is 10.6. The van der Waals surface area contributed by atoms with E-state index in [1.807, 2.05) is 0 Å². The van der Waals surface area contributed by atoms with Gasteiger partial charge in [0.15, 0.2) is 11.7 Å². The third-order valence-electron chi connectivity index (χ3n) is 1.04. The molecule has 0 aromatic rings. The highest BCUT2D eigenvalue weighted by Crippen LogP contribution is 2.21. The molecule has 1 aliphatic heterocycles. The number of rotatable bonds is 0. The van der Waals surface area contributed by atoms with Crippen molar-refractivity contribution in [3.8, 4) is 6.07 Å². The molecule has 0 saturated carbocycles. The molecule has 1 aliphatic rings. The Kier molecular flexibility index (Phi) is 1.54. The largest absolute Gasteiger partial charge is 0.297 e. The lowest BCUT2D eigenvalue weighted by molar-refractivity contribution is -0.123. The second-order valence-corrected chi connectivity index (χ2v) is 2.62. The standard InChI is InChI=1S/C5H3NO2S/c6-1-3-4(7)2-9-5(3)8/h3H,2H2. The average molecular weight is 141 g/mol. The predicted molar refractivity (Wildman–Crippen MR) is 31.6 cm³/mol. The molecular weight excluding hydrogens is 138 g/mol. The van der Waals surface area contributed by atoms with Gasteiger partial charge in [-0.05, 0) is 0 Å². The van der Waals surface area contributed by atoms with Crippen molar-refractivity contribution in [2.24, 2.45) is 5.92 Å². The maximum absolute atomic E-state index is 10.6. The molecule has 1 unspecified atom stereocenters. The molecule has 1 heterocycles. The van der Waals surface area contributed by atoms with Crippen molar-refractivity contribution in [1.29, 1.82) is 5.26 Å². The number of nitriles is 1. The molecule has 46 valence electrons. The number of Topliss-reactive ketones (excluding diaryl/α,β-unsaturated/α-hetero) is 1. The summed E-state index contributed by atoms with van der Waals surface area (Å²) in [6, 6.07) is 1.64. The van der Waals surface area contributed by atoms with Gasteiger partial charge in [-0.25, -0.2) is 0 Å². The fourth-order valence-corrected chi connectivity index (χ4v) is 1.37. The van der Waals surface area contributed by atoms with E-state index in [4.69, 9.17) is 5.26 Å². The van der Waals surface area contributed by atoms with Crippen molar-refractivity contribution in [2.75, 3.05) is 5.75 Å². The van der Waals surface area contributed by atoms with Gasteiger partial charge in [0.25, 0.3) is 0 Å². The molecule has 1 saturated heterocycles. The lowest BCUT2D eigenvalue weighted by atomic mass is 10.1. The van der Waals surface area contributed by atoms with Crippen LogP contribution in [0.2, 0.25) is 0 Å². The molecule has 0 spiro atoms. The van der Waals surface area contributed by atoms with Crippen molar-refractivity contribution < 1.29 is 9.59 Å². The molecule has 9 heavy (non-hydrogen) atoms. The smallest absolute Gasteiger partial charge is 0.214 e. The first-order valence-corrected chi connectivity index (χ1v) is 3.33. The molecule has 0 aromatic heterocycles. The van der Waals surface area contributed by atoms with Crippen LogP contribution in [-0.2, 0) is 9.59 Å². The third kappa shape index (κ3) is 0.958. The first kappa shape index (κ1) is 6.30. The number of ketones is 1. The maximum Gasteiger partial charge on any atom is 0.214 e. The van der Waals surface area contributed by atoms with Crippen LogP contribution < -0.4 is 0 Å². The zero-order valence-electron chi connectivity index (χ0n) is 4.46. The van der Waals surface area contributed by atoms with E-state index in [0.717, 1.165) is 11.8 Å². The van der Waals surface area contributed by atoms with E-state index in [9.17, 15) is 9.59 Å². The Morgan fingerprint density at radius 1 is 1.67 bits per heavy atom. The number of thioether (sulfide) groups is 1. The topological polar surface area (TPSA) is 57.9 Å². The summed E-state index contributed by atoms with van der Waals surface area (Å²) in [4.78, 5) is 21.1. The first-order valence-electron chi connectivity index (χ1n) is 2.34. The molecule has 0 bridgehead atoms. The quantitative estimate of drug-likeness (QED) is 0.444. The summed E-state index contributed by atoms with van der Waals surface area (Å²) >= 11 is 0.927. The van der Waals surface area contributed by atoms with Crippen LogP contribution in [-0.4, -0.2) is 16.7 Å². The van der Waals surface area contributed by atoms with Gasteiger partial charge in [0, 0.05) is 0 Å². The van der Waals surface area contributed by atoms with Gasteiger partial charge in [-0.3, -0.25) is 9.59 Å². The number of carbonyl (C=O) groups is 2. The zero-order chi connectivity index (χ0) is 6.85. The van der Waals surface area contributed by atoms with E-state index in [1.54, 1.807) is 6.07 Å². The molecule has 0 radical (unpaired) electrons. The molecule has 0 aliphatic carbocycles. The Balaban J connectivity index is 2.81. The second-order valence-electron chi connectivity index (χ2n) is 1.64. The molecule has 1 rings (SSSR count). The van der Waals surface area contributed by atoms with E-state index in [2.05, 4.69) is 0 Å². The van der Waals surface area contributed by atoms with E-state index in [0.29, 0.717) is 0 Å². The van der Waals surface area contributed by atoms with E-state index in [1.165, 1.54) is 0 Å². The van der Waals surface area contributed by atoms with Gasteiger partial charge >= 0.3 is 0 Å². The lowest BCUT2D eigenvalue weighted by Crippen LogP contribution is -2.11. The van der Waals surface area contributed by atoms with Gasteiger partial charge < -0.3 is 0 Å². The fraction of sp³-hybridized carbons (Fsp3) is 0.400. The van der Waals surface area contributed by atoms with Gasteiger partial charge in [-0.2, -0.15) is 5.26 Å². The van der Waals surface area contributed by atoms with Crippen molar-refractivity contribution in [1.82, 2.24) is 0 Å². The Morgan fingerprint density at radius 3 is 2.56 bits per heavy atom. The summed E-state index contributed by atoms with van der Waals surface area (Å²) in [6.45, 7) is 0. The average Bonchev–Trinajstić information content (AvgIpc) is 2.12. The van der Waals surface area contributed by atoms with Gasteiger partial charge in [0.05, 0.1) is 11.8 Å². The first-order chi connectivity index (χ1) is 4.25. The van der Waals surface area contributed by atoms with Crippen LogP contribution in [0, 0.1) is 17.2 Å². The highest BCUT2D eigenvalue weighted by atomic mass is 32.2. The normalized spacial score (nSPS) is 26.3. The monoisotopic (exact) mass is 141 g/mol. The van der Waals surface area contributed by atoms with Crippen LogP contribution in [0.4, 0.5) is 0 Å². The molecule has 1 fully saturated rings. The molecular formula is C5H3NO2S. The van der Waals surface area contributed by atoms with Gasteiger partial charge in [0.1, 0.15) is 0 Å². The van der Waals surface area contributed by atoms with Crippen LogP contribution in [0.3, 0.4) is 0 Å². The summed E-state index contributed by atoms with van der Waals surface area (Å²) in [6.07, 6.45) is 0. The lowest BCUT2D eigenvalue weighted by Gasteiger charge is -1.85. The van der Waals surface area contributed by atoms with Crippen LogP contribution in [0.25, 0.3) is 0 Å². The Morgan fingerprint density at radius 2 is 2.33 bits per heavy atom. The van der Waals surface area contributed by atoms with Crippen LogP contribution in [0.15, 0.2) is 0 Å². The van der Waals surface area contributed by atoms with Crippen molar-refractivity contribution in [3.05, 3.63) is 0 Å². The predicted octanol–water partition coefficient (Wildman–Crippen LogP) is -0.0313. The Bertz CT molecular complexity index is 189. The minimum Gasteiger partial charge on any atom is -0.297 e. The van der Waals surface area contributed by atoms with E-state index >= 15 is 0 Å². The highest BCUT2D eigenvalue weighted by molar-refractivity contribution is 8.15. The minimum atomic E-state index is -0.977.